The fourth-order valence-corrected chi connectivity index (χ4v) is 3.09. The van der Waals surface area contributed by atoms with Gasteiger partial charge in [0.2, 0.25) is 5.91 Å². The molecule has 2 aromatic heterocycles. The summed E-state index contributed by atoms with van der Waals surface area (Å²) < 4.78 is 0. The number of nitrogens with one attached hydrogen (secondary N) is 1. The van der Waals surface area contributed by atoms with E-state index in [1.165, 1.54) is 5.56 Å². The van der Waals surface area contributed by atoms with Crippen LogP contribution >= 0.6 is 11.6 Å². The van der Waals surface area contributed by atoms with E-state index in [1.54, 1.807) is 6.92 Å². The van der Waals surface area contributed by atoms with Crippen molar-refractivity contribution in [1.29, 1.82) is 0 Å². The SMILES string of the molecule is CC(Cl)C(=O)N1CCC(c2c[nH]c3cccnc23)CC1. The molecule has 1 aliphatic rings. The number of carbonyl (C=O) groups is 1. The second-order valence-electron chi connectivity index (χ2n) is 5.36. The molecule has 1 atom stereocenters. The van der Waals surface area contributed by atoms with Crippen molar-refractivity contribution >= 4 is 28.5 Å². The Balaban J connectivity index is 1.74. The zero-order chi connectivity index (χ0) is 14.1. The average Bonchev–Trinajstić information content (AvgIpc) is 2.90. The molecule has 0 aliphatic carbocycles. The molecule has 5 heteroatoms. The van der Waals surface area contributed by atoms with E-state index < -0.39 is 5.38 Å². The van der Waals surface area contributed by atoms with Crippen molar-refractivity contribution in [3.63, 3.8) is 0 Å². The van der Waals surface area contributed by atoms with Gasteiger partial charge in [0.25, 0.3) is 0 Å². The summed E-state index contributed by atoms with van der Waals surface area (Å²) in [6, 6.07) is 3.98. The lowest BCUT2D eigenvalue weighted by molar-refractivity contribution is -0.131. The van der Waals surface area contributed by atoms with Crippen LogP contribution in [0.15, 0.2) is 24.5 Å². The van der Waals surface area contributed by atoms with E-state index in [2.05, 4.69) is 16.2 Å². The predicted octanol–water partition coefficient (Wildman–Crippen LogP) is 2.90. The van der Waals surface area contributed by atoms with Gasteiger partial charge in [-0.25, -0.2) is 0 Å². The number of pyridine rings is 1. The van der Waals surface area contributed by atoms with E-state index in [-0.39, 0.29) is 5.91 Å². The second-order valence-corrected chi connectivity index (χ2v) is 6.01. The monoisotopic (exact) mass is 291 g/mol. The molecule has 1 fully saturated rings. The van der Waals surface area contributed by atoms with E-state index in [1.807, 2.05) is 23.2 Å². The molecule has 1 N–H and O–H groups in total. The van der Waals surface area contributed by atoms with E-state index in [4.69, 9.17) is 11.6 Å². The van der Waals surface area contributed by atoms with E-state index in [9.17, 15) is 4.79 Å². The zero-order valence-corrected chi connectivity index (χ0v) is 12.2. The first-order chi connectivity index (χ1) is 9.66. The van der Waals surface area contributed by atoms with Gasteiger partial charge < -0.3 is 9.88 Å². The van der Waals surface area contributed by atoms with Crippen LogP contribution in [-0.4, -0.2) is 39.2 Å². The van der Waals surface area contributed by atoms with Gasteiger partial charge in [-0.2, -0.15) is 0 Å². The van der Waals surface area contributed by atoms with Crippen LogP contribution in [0, 0.1) is 0 Å². The zero-order valence-electron chi connectivity index (χ0n) is 11.5. The molecule has 0 saturated carbocycles. The summed E-state index contributed by atoms with van der Waals surface area (Å²) >= 11 is 5.87. The summed E-state index contributed by atoms with van der Waals surface area (Å²) in [5.74, 6) is 0.510. The minimum absolute atomic E-state index is 0.0437. The number of H-pyrrole nitrogens is 1. The molecule has 1 unspecified atom stereocenters. The number of fused-ring (bicyclic) bond motifs is 1. The van der Waals surface area contributed by atoms with Crippen LogP contribution < -0.4 is 0 Å². The number of aromatic nitrogens is 2. The highest BCUT2D eigenvalue weighted by molar-refractivity contribution is 6.30. The van der Waals surface area contributed by atoms with Gasteiger partial charge in [0, 0.05) is 25.5 Å². The number of piperidine rings is 1. The highest BCUT2D eigenvalue weighted by Crippen LogP contribution is 2.32. The molecule has 3 rings (SSSR count). The number of rotatable bonds is 2. The van der Waals surface area contributed by atoms with Gasteiger partial charge in [0.1, 0.15) is 5.38 Å². The molecule has 4 nitrogen and oxygen atoms in total. The number of amides is 1. The lowest BCUT2D eigenvalue weighted by Gasteiger charge is -2.32. The van der Waals surface area contributed by atoms with Gasteiger partial charge in [0.05, 0.1) is 11.0 Å². The van der Waals surface area contributed by atoms with E-state index in [0.29, 0.717) is 5.92 Å². The van der Waals surface area contributed by atoms with Gasteiger partial charge in [-0.3, -0.25) is 9.78 Å². The molecular formula is C15H18ClN3O. The fourth-order valence-electron chi connectivity index (χ4n) is 2.95. The van der Waals surface area contributed by atoms with Gasteiger partial charge in [-0.05, 0) is 43.4 Å². The Labute approximate surface area is 123 Å². The number of alkyl halides is 1. The Morgan fingerprint density at radius 3 is 2.95 bits per heavy atom. The number of aromatic amines is 1. The number of hydrogen-bond donors (Lipinski definition) is 1. The van der Waals surface area contributed by atoms with Crippen LogP contribution in [0.1, 0.15) is 31.2 Å². The summed E-state index contributed by atoms with van der Waals surface area (Å²) in [5, 5.41) is -0.429. The summed E-state index contributed by atoms with van der Waals surface area (Å²) in [4.78, 5) is 21.5. The molecule has 1 aliphatic heterocycles. The first kappa shape index (κ1) is 13.4. The highest BCUT2D eigenvalue weighted by Gasteiger charge is 2.27. The summed E-state index contributed by atoms with van der Waals surface area (Å²) in [6.07, 6.45) is 5.83. The fraction of sp³-hybridized carbons (Fsp3) is 0.467. The normalized spacial score (nSPS) is 18.4. The predicted molar refractivity (Wildman–Crippen MR) is 80.0 cm³/mol. The van der Waals surface area contributed by atoms with Gasteiger partial charge in [-0.1, -0.05) is 0 Å². The van der Waals surface area contributed by atoms with Crippen LogP contribution in [0.3, 0.4) is 0 Å². The number of halogens is 1. The Hall–Kier alpha value is -1.55. The van der Waals surface area contributed by atoms with Crippen LogP contribution in [0.5, 0.6) is 0 Å². The van der Waals surface area contributed by atoms with Gasteiger partial charge in [-0.15, -0.1) is 11.6 Å². The summed E-state index contributed by atoms with van der Waals surface area (Å²) in [7, 11) is 0. The maximum Gasteiger partial charge on any atom is 0.240 e. The van der Waals surface area contributed by atoms with Crippen LogP contribution in [0.4, 0.5) is 0 Å². The number of carbonyl (C=O) groups excluding carboxylic acids is 1. The Kier molecular flexibility index (Phi) is 3.66. The molecule has 0 radical (unpaired) electrons. The summed E-state index contributed by atoms with van der Waals surface area (Å²) in [6.45, 7) is 3.29. The van der Waals surface area contributed by atoms with Crippen molar-refractivity contribution in [2.45, 2.75) is 31.1 Å². The second kappa shape index (κ2) is 5.44. The molecule has 20 heavy (non-hydrogen) atoms. The van der Waals surface area contributed by atoms with Crippen LogP contribution in [0.25, 0.3) is 11.0 Å². The van der Waals surface area contributed by atoms with E-state index >= 15 is 0 Å². The average molecular weight is 292 g/mol. The van der Waals surface area contributed by atoms with E-state index in [0.717, 1.165) is 37.0 Å². The van der Waals surface area contributed by atoms with Crippen LogP contribution in [-0.2, 0) is 4.79 Å². The third-order valence-corrected chi connectivity index (χ3v) is 4.24. The Morgan fingerprint density at radius 1 is 1.50 bits per heavy atom. The smallest absolute Gasteiger partial charge is 0.240 e. The highest BCUT2D eigenvalue weighted by atomic mass is 35.5. The first-order valence-electron chi connectivity index (χ1n) is 7.01. The van der Waals surface area contributed by atoms with Crippen molar-refractivity contribution in [2.24, 2.45) is 0 Å². The lowest BCUT2D eigenvalue weighted by Crippen LogP contribution is -2.41. The topological polar surface area (TPSA) is 49.0 Å². The Bertz CT molecular complexity index is 614. The molecule has 106 valence electrons. The van der Waals surface area contributed by atoms with Crippen molar-refractivity contribution in [3.8, 4) is 0 Å². The Morgan fingerprint density at radius 2 is 2.25 bits per heavy atom. The maximum absolute atomic E-state index is 11.9. The van der Waals surface area contributed by atoms with Crippen molar-refractivity contribution in [1.82, 2.24) is 14.9 Å². The van der Waals surface area contributed by atoms with Crippen molar-refractivity contribution in [2.75, 3.05) is 13.1 Å². The molecule has 3 heterocycles. The lowest BCUT2D eigenvalue weighted by atomic mass is 9.90. The standard InChI is InChI=1S/C15H18ClN3O/c1-10(16)15(20)19-7-4-11(5-8-19)12-9-18-13-3-2-6-17-14(12)13/h2-3,6,9-11,18H,4-5,7-8H2,1H3. The number of likely N-dealkylation sites (tertiary alicyclic amines) is 1. The van der Waals surface area contributed by atoms with Gasteiger partial charge >= 0.3 is 0 Å². The minimum atomic E-state index is -0.429. The molecular weight excluding hydrogens is 274 g/mol. The number of nitrogens with zero attached hydrogens (tertiary/aromatic N) is 2. The minimum Gasteiger partial charge on any atom is -0.360 e. The molecule has 0 spiro atoms. The number of hydrogen-bond acceptors (Lipinski definition) is 2. The third kappa shape index (κ3) is 2.40. The molecule has 2 aromatic rings. The third-order valence-electron chi connectivity index (χ3n) is 4.05. The van der Waals surface area contributed by atoms with Crippen LogP contribution in [0.2, 0.25) is 0 Å². The molecule has 0 aromatic carbocycles. The van der Waals surface area contributed by atoms with Crippen molar-refractivity contribution in [3.05, 3.63) is 30.1 Å². The molecule has 1 saturated heterocycles. The van der Waals surface area contributed by atoms with Crippen molar-refractivity contribution < 1.29 is 4.79 Å². The first-order valence-corrected chi connectivity index (χ1v) is 7.45. The maximum atomic E-state index is 11.9. The van der Waals surface area contributed by atoms with Gasteiger partial charge in [0.15, 0.2) is 0 Å². The largest absolute Gasteiger partial charge is 0.360 e. The quantitative estimate of drug-likeness (QED) is 0.865. The summed E-state index contributed by atoms with van der Waals surface area (Å²) in [5.41, 5.74) is 3.41. The molecule has 0 bridgehead atoms. The molecule has 1 amide bonds.